The minimum Gasteiger partial charge on any atom is -0.505 e. The van der Waals surface area contributed by atoms with E-state index in [9.17, 15) is 18.3 Å². The first-order valence-corrected chi connectivity index (χ1v) is 13.5. The Kier molecular flexibility index (Phi) is 6.05. The highest BCUT2D eigenvalue weighted by Crippen LogP contribution is 2.64. The Balaban J connectivity index is 1.44. The molecule has 35 heavy (non-hydrogen) atoms. The Morgan fingerprint density at radius 3 is 2.63 bits per heavy atom. The van der Waals surface area contributed by atoms with Crippen molar-refractivity contribution in [1.29, 1.82) is 0 Å². The number of aromatic nitrogens is 2. The second-order valence-corrected chi connectivity index (χ2v) is 12.6. The second kappa shape index (κ2) is 8.57. The molecule has 1 amide bonds. The highest BCUT2D eigenvalue weighted by Gasteiger charge is 2.59. The van der Waals surface area contributed by atoms with Crippen molar-refractivity contribution in [2.75, 3.05) is 13.1 Å². The Labute approximate surface area is 211 Å². The topological polar surface area (TPSA) is 115 Å². The maximum Gasteiger partial charge on any atom is 0.246 e. The van der Waals surface area contributed by atoms with E-state index in [2.05, 4.69) is 15.5 Å². The quantitative estimate of drug-likeness (QED) is 0.470. The molecule has 1 aromatic carbocycles. The molecule has 1 aromatic heterocycles. The first kappa shape index (κ1) is 24.7. The molecular formula is C22H24Cl2F2N4O4S. The van der Waals surface area contributed by atoms with Gasteiger partial charge in [-0.1, -0.05) is 23.2 Å². The SMILES string of the molecule is O=C(N[C@H](c1c(F)c(O)cc(Cl)c1Cl)C12CCC(F)(CC1)C2)[C@@H]1CCN(S(=O)(=O)c2cn[nH]c2)C1. The van der Waals surface area contributed by atoms with E-state index in [0.717, 1.165) is 6.07 Å². The maximum atomic E-state index is 15.2. The number of carbonyl (C=O) groups excluding carboxylic acids is 1. The van der Waals surface area contributed by atoms with Crippen molar-refractivity contribution in [1.82, 2.24) is 19.8 Å². The van der Waals surface area contributed by atoms with Gasteiger partial charge < -0.3 is 10.4 Å². The lowest BCUT2D eigenvalue weighted by atomic mass is 9.74. The zero-order valence-electron chi connectivity index (χ0n) is 18.5. The van der Waals surface area contributed by atoms with Crippen LogP contribution < -0.4 is 5.32 Å². The van der Waals surface area contributed by atoms with Crippen LogP contribution in [0.3, 0.4) is 0 Å². The van der Waals surface area contributed by atoms with E-state index < -0.39 is 50.5 Å². The van der Waals surface area contributed by atoms with Gasteiger partial charge in [-0.2, -0.15) is 9.40 Å². The second-order valence-electron chi connectivity index (χ2n) is 9.83. The summed E-state index contributed by atoms with van der Waals surface area (Å²) >= 11 is 12.5. The molecule has 2 saturated carbocycles. The maximum absolute atomic E-state index is 15.2. The number of rotatable bonds is 6. The molecule has 3 N–H and O–H groups in total. The molecule has 2 heterocycles. The number of phenols is 1. The van der Waals surface area contributed by atoms with Crippen molar-refractivity contribution in [3.05, 3.63) is 39.9 Å². The molecule has 3 fully saturated rings. The summed E-state index contributed by atoms with van der Waals surface area (Å²) < 4.78 is 57.2. The van der Waals surface area contributed by atoms with Crippen LogP contribution in [-0.4, -0.2) is 52.7 Å². The van der Waals surface area contributed by atoms with Crippen molar-refractivity contribution in [3.63, 3.8) is 0 Å². The summed E-state index contributed by atoms with van der Waals surface area (Å²) in [4.78, 5) is 13.4. The number of aromatic amines is 1. The van der Waals surface area contributed by atoms with Crippen LogP contribution in [0.2, 0.25) is 10.0 Å². The molecule has 13 heteroatoms. The van der Waals surface area contributed by atoms with Crippen molar-refractivity contribution in [2.45, 2.75) is 55.1 Å². The van der Waals surface area contributed by atoms with Gasteiger partial charge in [0.25, 0.3) is 0 Å². The molecule has 2 atom stereocenters. The van der Waals surface area contributed by atoms with Crippen LogP contribution >= 0.6 is 23.2 Å². The number of sulfonamides is 1. The van der Waals surface area contributed by atoms with Crippen LogP contribution in [0, 0.1) is 17.2 Å². The number of phenolic OH excluding ortho intramolecular Hbond substituents is 1. The Hall–Kier alpha value is -1.95. The summed E-state index contributed by atoms with van der Waals surface area (Å²) in [6.07, 6.45) is 4.21. The fourth-order valence-electron chi connectivity index (χ4n) is 5.92. The van der Waals surface area contributed by atoms with Gasteiger partial charge in [0.2, 0.25) is 15.9 Å². The average molecular weight is 549 g/mol. The van der Waals surface area contributed by atoms with Gasteiger partial charge in [-0.05, 0) is 43.9 Å². The van der Waals surface area contributed by atoms with Gasteiger partial charge in [0.05, 0.1) is 28.2 Å². The first-order chi connectivity index (χ1) is 16.5. The Morgan fingerprint density at radius 2 is 2.03 bits per heavy atom. The molecule has 2 aromatic rings. The molecule has 1 saturated heterocycles. The molecule has 0 unspecified atom stereocenters. The van der Waals surface area contributed by atoms with Gasteiger partial charge in [-0.15, -0.1) is 0 Å². The van der Waals surface area contributed by atoms with Crippen LogP contribution in [0.4, 0.5) is 8.78 Å². The third kappa shape index (κ3) is 4.10. The van der Waals surface area contributed by atoms with Crippen LogP contribution in [-0.2, 0) is 14.8 Å². The zero-order chi connectivity index (χ0) is 25.2. The summed E-state index contributed by atoms with van der Waals surface area (Å²) in [6, 6.07) is -0.0517. The molecular weight excluding hydrogens is 525 g/mol. The number of H-pyrrole nitrogens is 1. The van der Waals surface area contributed by atoms with Crippen molar-refractivity contribution in [2.24, 2.45) is 11.3 Å². The fraction of sp³-hybridized carbons (Fsp3) is 0.545. The molecule has 190 valence electrons. The van der Waals surface area contributed by atoms with Gasteiger partial charge in [0.15, 0.2) is 11.6 Å². The summed E-state index contributed by atoms with van der Waals surface area (Å²) in [7, 11) is -3.82. The normalized spacial score (nSPS) is 29.5. The number of aromatic hydroxyl groups is 1. The largest absolute Gasteiger partial charge is 0.505 e. The number of nitrogens with one attached hydrogen (secondary N) is 2. The van der Waals surface area contributed by atoms with Gasteiger partial charge >= 0.3 is 0 Å². The van der Waals surface area contributed by atoms with Crippen LogP contribution in [0.15, 0.2) is 23.4 Å². The third-order valence-electron chi connectivity index (χ3n) is 7.80. The third-order valence-corrected chi connectivity index (χ3v) is 10.4. The van der Waals surface area contributed by atoms with E-state index in [1.807, 2.05) is 0 Å². The van der Waals surface area contributed by atoms with Gasteiger partial charge in [-0.3, -0.25) is 9.89 Å². The van der Waals surface area contributed by atoms with Crippen LogP contribution in [0.1, 0.15) is 50.1 Å². The standard InChI is InChI=1S/C22H24Cl2F2N4O4S/c23-14-7-15(31)18(25)16(17(14)24)19(21-2-4-22(26,11-21)5-3-21)29-20(32)12-1-6-30(10-12)35(33,34)13-8-27-28-9-13/h7-9,12,19,31H,1-6,10-11H2,(H,27,28)(H,29,32)/t12-,19-,21?,22?/m1/s1. The van der Waals surface area contributed by atoms with E-state index >= 15 is 8.78 Å². The molecule has 3 aliphatic rings. The molecule has 2 bridgehead atoms. The van der Waals surface area contributed by atoms with E-state index in [4.69, 9.17) is 23.2 Å². The summed E-state index contributed by atoms with van der Waals surface area (Å²) in [5, 5.41) is 18.8. The molecule has 1 aliphatic heterocycles. The van der Waals surface area contributed by atoms with Gasteiger partial charge in [-0.25, -0.2) is 17.2 Å². The van der Waals surface area contributed by atoms with Crippen LogP contribution in [0.25, 0.3) is 0 Å². The zero-order valence-corrected chi connectivity index (χ0v) is 20.9. The number of hydrogen-bond donors (Lipinski definition) is 3. The number of amides is 1. The summed E-state index contributed by atoms with van der Waals surface area (Å²) in [5.41, 5.74) is -2.36. The van der Waals surface area contributed by atoms with E-state index in [1.54, 1.807) is 0 Å². The Bertz CT molecular complexity index is 1240. The minimum absolute atomic E-state index is 0.00484. The number of nitrogens with zero attached hydrogens (tertiary/aromatic N) is 2. The first-order valence-electron chi connectivity index (χ1n) is 11.3. The number of hydrogen-bond acceptors (Lipinski definition) is 5. The Morgan fingerprint density at radius 1 is 1.31 bits per heavy atom. The minimum atomic E-state index is -3.82. The van der Waals surface area contributed by atoms with Crippen molar-refractivity contribution >= 4 is 39.1 Å². The van der Waals surface area contributed by atoms with E-state index in [-0.39, 0.29) is 59.3 Å². The monoisotopic (exact) mass is 548 g/mol. The molecule has 2 aliphatic carbocycles. The van der Waals surface area contributed by atoms with E-state index in [1.165, 1.54) is 16.7 Å². The number of halogens is 4. The fourth-order valence-corrected chi connectivity index (χ4v) is 7.78. The number of fused-ring (bicyclic) bond motifs is 2. The van der Waals surface area contributed by atoms with Crippen molar-refractivity contribution in [3.8, 4) is 5.75 Å². The number of alkyl halides is 1. The number of carbonyl (C=O) groups is 1. The highest BCUT2D eigenvalue weighted by molar-refractivity contribution is 7.89. The predicted molar refractivity (Wildman–Crippen MR) is 124 cm³/mol. The lowest BCUT2D eigenvalue weighted by Crippen LogP contribution is -2.43. The number of benzene rings is 1. The van der Waals surface area contributed by atoms with Crippen molar-refractivity contribution < 1.29 is 27.1 Å². The lowest BCUT2D eigenvalue weighted by molar-refractivity contribution is -0.126. The summed E-state index contributed by atoms with van der Waals surface area (Å²) in [5.74, 6) is -2.93. The van der Waals surface area contributed by atoms with E-state index in [0.29, 0.717) is 12.8 Å². The molecule has 5 rings (SSSR count). The predicted octanol–water partition coefficient (Wildman–Crippen LogP) is 4.10. The average Bonchev–Trinajstić information content (AvgIpc) is 3.60. The van der Waals surface area contributed by atoms with Gasteiger partial charge in [0.1, 0.15) is 10.6 Å². The van der Waals surface area contributed by atoms with Gasteiger partial charge in [0, 0.05) is 30.9 Å². The van der Waals surface area contributed by atoms with Crippen LogP contribution in [0.5, 0.6) is 5.75 Å². The molecule has 0 radical (unpaired) electrons. The molecule has 0 spiro atoms. The lowest BCUT2D eigenvalue weighted by Gasteiger charge is -2.38. The smallest absolute Gasteiger partial charge is 0.246 e. The molecule has 8 nitrogen and oxygen atoms in total. The highest BCUT2D eigenvalue weighted by atomic mass is 35.5. The summed E-state index contributed by atoms with van der Waals surface area (Å²) in [6.45, 7) is 0.0607.